The van der Waals surface area contributed by atoms with E-state index in [1.165, 1.54) is 6.92 Å². The topological polar surface area (TPSA) is 490 Å². The van der Waals surface area contributed by atoms with Crippen molar-refractivity contribution in [3.63, 3.8) is 0 Å². The van der Waals surface area contributed by atoms with E-state index in [4.69, 9.17) is 111 Å². The lowest BCUT2D eigenvalue weighted by Crippen LogP contribution is -2.73. The minimum atomic E-state index is -6.14. The number of rotatable bonds is 45. The highest BCUT2D eigenvalue weighted by atomic mass is 31.2. The Morgan fingerprint density at radius 2 is 0.640 bits per heavy atom. The molecule has 498 valence electrons. The zero-order valence-electron chi connectivity index (χ0n) is 48.1. The van der Waals surface area contributed by atoms with Crippen LogP contribution >= 0.6 is 39.1 Å². The highest BCUT2D eigenvalue weighted by Gasteiger charge is 2.70. The van der Waals surface area contributed by atoms with Crippen molar-refractivity contribution < 1.29 is 186 Å². The molecule has 0 aliphatic heterocycles. The summed E-state index contributed by atoms with van der Waals surface area (Å²) in [6, 6.07) is 0. The van der Waals surface area contributed by atoms with Gasteiger partial charge in [-0.05, 0) is 12.8 Å². The first-order valence-electron chi connectivity index (χ1n) is 24.5. The van der Waals surface area contributed by atoms with Gasteiger partial charge in [0.05, 0.1) is 0 Å². The van der Waals surface area contributed by atoms with E-state index < -0.39 is 216 Å². The average molecular weight is 1360 g/mol. The minimum absolute atomic E-state index is 0.0724. The van der Waals surface area contributed by atoms with Gasteiger partial charge in [0.15, 0.2) is 13.6 Å². The van der Waals surface area contributed by atoms with Crippen LogP contribution in [0.4, 0.5) is 0 Å². The predicted octanol–water partition coefficient (Wildman–Crippen LogP) is 4.62. The maximum absolute atomic E-state index is 15.4. The Morgan fingerprint density at radius 1 is 0.360 bits per heavy atom. The fraction of sp³-hybridized carbons (Fsp3) is 0.780. The summed E-state index contributed by atoms with van der Waals surface area (Å²) in [5.41, 5.74) is -3.38. The summed E-state index contributed by atoms with van der Waals surface area (Å²) in [6.07, 6.45) is -16.2. The van der Waals surface area contributed by atoms with Gasteiger partial charge in [-0.25, -0.2) is 59.0 Å². The molecule has 0 radical (unpaired) electrons. The standard InChI is InChI=1S/C41H69O40P5/c1-12-14-16-58-39-37(78-85(55,73-23-64-32(8)47)74-24-65-33(9)48)36(77-84(54,71-21-62-30(6)45)72-22-63-31(7)46)38(79-83(53,70-20-61-29(5)44)69-18-57-17-59-27(3)42)40(41(39,15-13-2)81-82(51,52)68-19-60-28(4)43)80-86(56,75-25-66-34(10)49)76-26-67-35(11)50/h36-40H,12-26H2,1-11H3,(H,51,52)/t36-,37-,38+,39-,40-,41-,83?/m1/s1. The van der Waals surface area contributed by atoms with Gasteiger partial charge in [0.1, 0.15) is 36.1 Å². The molecule has 2 unspecified atom stereocenters. The number of esters is 9. The fourth-order valence-electron chi connectivity index (χ4n) is 6.04. The first-order valence-corrected chi connectivity index (χ1v) is 31.8. The first kappa shape index (κ1) is 79.7. The van der Waals surface area contributed by atoms with Gasteiger partial charge in [0, 0.05) is 68.9 Å². The first-order chi connectivity index (χ1) is 40.1. The van der Waals surface area contributed by atoms with E-state index in [0.717, 1.165) is 62.3 Å². The van der Waals surface area contributed by atoms with Crippen LogP contribution in [0.1, 0.15) is 102 Å². The zero-order chi connectivity index (χ0) is 65.4. The Balaban J connectivity index is 5.31. The zero-order valence-corrected chi connectivity index (χ0v) is 52.6. The molecule has 0 spiro atoms. The van der Waals surface area contributed by atoms with Crippen molar-refractivity contribution in [3.8, 4) is 0 Å². The summed E-state index contributed by atoms with van der Waals surface area (Å²) in [5.74, 6) is -10.0. The highest BCUT2D eigenvalue weighted by Crippen LogP contribution is 2.66. The van der Waals surface area contributed by atoms with Crippen molar-refractivity contribution in [2.75, 3.05) is 74.5 Å². The van der Waals surface area contributed by atoms with Crippen molar-refractivity contribution in [2.45, 2.75) is 138 Å². The van der Waals surface area contributed by atoms with Crippen molar-refractivity contribution in [1.29, 1.82) is 0 Å². The van der Waals surface area contributed by atoms with E-state index in [1.54, 1.807) is 6.92 Å². The molecule has 0 aromatic rings. The second-order valence-corrected chi connectivity index (χ2v) is 24.1. The number of hydrogen-bond donors (Lipinski definition) is 1. The van der Waals surface area contributed by atoms with E-state index in [1.807, 2.05) is 0 Å². The SMILES string of the molecule is CCCCO[C@@H]1[C@H](OP(=O)(OCOC(C)=O)OCOC(C)=O)[C@@H](OP(=O)(OCOC(C)=O)OCOC(C)=O)[C@H](OP(=O)(OCOCOC(C)=O)OCOC(C)=O)[C@@H](OP(=O)(OCOC(C)=O)OCOC(C)=O)[C@]1(CCC)OP(=O)(O)OCOC(C)=O. The Bertz CT molecular complexity index is 2400. The number of ether oxygens (including phenoxy) is 11. The molecule has 0 aromatic heterocycles. The summed E-state index contributed by atoms with van der Waals surface area (Å²) >= 11 is 0. The maximum Gasteiger partial charge on any atom is 0.481 e. The summed E-state index contributed by atoms with van der Waals surface area (Å²) < 4.78 is 207. The lowest BCUT2D eigenvalue weighted by atomic mass is 9.72. The molecule has 0 heterocycles. The van der Waals surface area contributed by atoms with Crippen LogP contribution in [0, 0.1) is 0 Å². The van der Waals surface area contributed by atoms with Crippen molar-refractivity contribution >= 4 is 92.8 Å². The number of carbonyl (C=O) groups excluding carboxylic acids is 9. The monoisotopic (exact) mass is 1360 g/mol. The Labute approximate surface area is 490 Å². The van der Waals surface area contributed by atoms with E-state index in [9.17, 15) is 52.6 Å². The van der Waals surface area contributed by atoms with Crippen LogP contribution in [0.5, 0.6) is 0 Å². The van der Waals surface area contributed by atoms with Gasteiger partial charge in [-0.15, -0.1) is 0 Å². The molecule has 45 heteroatoms. The molecule has 0 bridgehead atoms. The molecule has 1 saturated carbocycles. The minimum Gasteiger partial charge on any atom is -0.439 e. The Hall–Kier alpha value is -4.30. The number of carbonyl (C=O) groups is 9. The highest BCUT2D eigenvalue weighted by molar-refractivity contribution is 7.49. The second-order valence-electron chi connectivity index (χ2n) is 16.2. The molecule has 40 nitrogen and oxygen atoms in total. The molecule has 0 amide bonds. The second kappa shape index (κ2) is 39.7. The third-order valence-electron chi connectivity index (χ3n) is 9.35. The molecule has 1 rings (SSSR count). The third-order valence-corrected chi connectivity index (χ3v) is 15.7. The van der Waals surface area contributed by atoms with Gasteiger partial charge in [0.2, 0.25) is 54.3 Å². The van der Waals surface area contributed by atoms with Gasteiger partial charge >= 0.3 is 92.8 Å². The lowest BCUT2D eigenvalue weighted by Gasteiger charge is -2.56. The van der Waals surface area contributed by atoms with Crippen molar-refractivity contribution in [2.24, 2.45) is 0 Å². The van der Waals surface area contributed by atoms with Crippen LogP contribution < -0.4 is 0 Å². The summed E-state index contributed by atoms with van der Waals surface area (Å²) in [5, 5.41) is 0. The summed E-state index contributed by atoms with van der Waals surface area (Å²) in [6.45, 7) is -4.08. The largest absolute Gasteiger partial charge is 0.481 e. The van der Waals surface area contributed by atoms with Crippen molar-refractivity contribution in [1.82, 2.24) is 0 Å². The molecule has 1 aliphatic rings. The smallest absolute Gasteiger partial charge is 0.439 e. The Morgan fingerprint density at radius 3 is 0.953 bits per heavy atom. The van der Waals surface area contributed by atoms with E-state index in [2.05, 4.69) is 4.74 Å². The van der Waals surface area contributed by atoms with Crippen molar-refractivity contribution in [3.05, 3.63) is 0 Å². The van der Waals surface area contributed by atoms with Gasteiger partial charge in [-0.2, -0.15) is 0 Å². The quantitative estimate of drug-likeness (QED) is 0.0285. The van der Waals surface area contributed by atoms with Gasteiger partial charge in [-0.3, -0.25) is 70.3 Å². The number of phosphoric acid groups is 5. The molecule has 0 saturated heterocycles. The number of unbranched alkanes of at least 4 members (excludes halogenated alkanes) is 1. The van der Waals surface area contributed by atoms with Gasteiger partial charge < -0.3 is 57.0 Å². The fourth-order valence-corrected chi connectivity index (χ4v) is 11.4. The lowest BCUT2D eigenvalue weighted by molar-refractivity contribution is -0.268. The predicted molar refractivity (Wildman–Crippen MR) is 269 cm³/mol. The molecule has 1 N–H and O–H groups in total. The molecular weight excluding hydrogens is 1290 g/mol. The van der Waals surface area contributed by atoms with Crippen LogP contribution in [0.15, 0.2) is 0 Å². The van der Waals surface area contributed by atoms with E-state index in [-0.39, 0.29) is 12.8 Å². The maximum atomic E-state index is 15.4. The van der Waals surface area contributed by atoms with Crippen LogP contribution in [0.25, 0.3) is 0 Å². The van der Waals surface area contributed by atoms with Crippen LogP contribution in [0.3, 0.4) is 0 Å². The van der Waals surface area contributed by atoms with Gasteiger partial charge in [-0.1, -0.05) is 26.7 Å². The normalized spacial score (nSPS) is 20.2. The van der Waals surface area contributed by atoms with Crippen LogP contribution in [-0.2, 0) is 181 Å². The van der Waals surface area contributed by atoms with Crippen LogP contribution in [-0.4, -0.2) is 169 Å². The Kier molecular flexibility index (Phi) is 36.8. The third kappa shape index (κ3) is 32.3. The summed E-state index contributed by atoms with van der Waals surface area (Å²) in [7, 11) is -30.0. The number of hydrogen-bond acceptors (Lipinski definition) is 39. The van der Waals surface area contributed by atoms with E-state index in [0.29, 0.717) is 0 Å². The molecule has 0 aromatic carbocycles. The molecule has 86 heavy (non-hydrogen) atoms. The molecule has 1 fully saturated rings. The van der Waals surface area contributed by atoms with E-state index >= 15 is 18.3 Å². The molecule has 1 aliphatic carbocycles. The number of phosphoric ester groups is 5. The molecule has 8 atom stereocenters. The average Bonchev–Trinajstić information content (AvgIpc) is 0.828. The van der Waals surface area contributed by atoms with Gasteiger partial charge in [0.25, 0.3) is 0 Å². The van der Waals surface area contributed by atoms with Crippen LogP contribution in [0.2, 0.25) is 0 Å². The summed E-state index contributed by atoms with van der Waals surface area (Å²) in [4.78, 5) is 120. The molecular formula is C41H69O40P5.